The Morgan fingerprint density at radius 1 is 1.11 bits per heavy atom. The van der Waals surface area contributed by atoms with Crippen LogP contribution in [0.25, 0.3) is 0 Å². The Balaban J connectivity index is 1.60. The van der Waals surface area contributed by atoms with Crippen LogP contribution in [-0.4, -0.2) is 49.5 Å². The fourth-order valence-electron chi connectivity index (χ4n) is 3.22. The monoisotopic (exact) mass is 395 g/mol. The van der Waals surface area contributed by atoms with E-state index in [0.29, 0.717) is 41.8 Å². The van der Waals surface area contributed by atoms with Crippen molar-refractivity contribution in [3.63, 3.8) is 0 Å². The third kappa shape index (κ3) is 4.83. The SMILES string of the molecule is COc1ccc(CN2CC[C@@H](Oc3ccc(F)cc3OC)[C@H](O)C2)cc1Cl. The van der Waals surface area contributed by atoms with Crippen LogP contribution in [0, 0.1) is 5.82 Å². The third-order valence-electron chi connectivity index (χ3n) is 4.63. The average molecular weight is 396 g/mol. The van der Waals surface area contributed by atoms with Gasteiger partial charge in [0.15, 0.2) is 11.5 Å². The first kappa shape index (κ1) is 19.7. The molecule has 7 heteroatoms. The number of benzene rings is 2. The smallest absolute Gasteiger partial charge is 0.163 e. The maximum atomic E-state index is 13.3. The van der Waals surface area contributed by atoms with Crippen molar-refractivity contribution in [1.29, 1.82) is 0 Å². The standard InChI is InChI=1S/C20H23ClFNO4/c1-25-17-5-3-13(9-15(17)21)11-23-8-7-18(16(24)12-23)27-19-6-4-14(22)10-20(19)26-2/h3-6,9-10,16,18,24H,7-8,11-12H2,1-2H3/t16-,18-/m1/s1. The summed E-state index contributed by atoms with van der Waals surface area (Å²) in [5.74, 6) is 0.990. The number of methoxy groups -OCH3 is 2. The summed E-state index contributed by atoms with van der Waals surface area (Å²) in [6.07, 6.45) is -0.395. The molecule has 1 heterocycles. The maximum absolute atomic E-state index is 13.3. The molecule has 27 heavy (non-hydrogen) atoms. The van der Waals surface area contributed by atoms with E-state index < -0.39 is 11.9 Å². The van der Waals surface area contributed by atoms with Crippen LogP contribution in [0.3, 0.4) is 0 Å². The van der Waals surface area contributed by atoms with Gasteiger partial charge in [-0.3, -0.25) is 4.90 Å². The fraction of sp³-hybridized carbons (Fsp3) is 0.400. The first-order chi connectivity index (χ1) is 13.0. The number of ether oxygens (including phenoxy) is 3. The number of hydrogen-bond acceptors (Lipinski definition) is 5. The molecule has 0 unspecified atom stereocenters. The van der Waals surface area contributed by atoms with Crippen molar-refractivity contribution in [3.8, 4) is 17.2 Å². The Labute approximate surface area is 163 Å². The molecule has 1 aliphatic rings. The number of β-amino-alcohol motifs (C(OH)–C–C–N with tert-alkyl or cyclic N) is 1. The van der Waals surface area contributed by atoms with E-state index in [0.717, 1.165) is 12.1 Å². The van der Waals surface area contributed by atoms with Crippen LogP contribution < -0.4 is 14.2 Å². The van der Waals surface area contributed by atoms with Gasteiger partial charge in [0.05, 0.1) is 19.2 Å². The van der Waals surface area contributed by atoms with Crippen LogP contribution in [0.1, 0.15) is 12.0 Å². The minimum atomic E-state index is -0.665. The number of likely N-dealkylation sites (tertiary alicyclic amines) is 1. The number of aliphatic hydroxyl groups is 1. The molecule has 0 bridgehead atoms. The average Bonchev–Trinajstić information content (AvgIpc) is 2.65. The topological polar surface area (TPSA) is 51.2 Å². The van der Waals surface area contributed by atoms with Crippen molar-refractivity contribution in [3.05, 3.63) is 52.8 Å². The zero-order valence-corrected chi connectivity index (χ0v) is 16.1. The lowest BCUT2D eigenvalue weighted by atomic mass is 10.0. The van der Waals surface area contributed by atoms with E-state index in [4.69, 9.17) is 25.8 Å². The minimum Gasteiger partial charge on any atom is -0.495 e. The maximum Gasteiger partial charge on any atom is 0.163 e. The van der Waals surface area contributed by atoms with Gasteiger partial charge in [0, 0.05) is 25.7 Å². The quantitative estimate of drug-likeness (QED) is 0.811. The van der Waals surface area contributed by atoms with Gasteiger partial charge in [0.25, 0.3) is 0 Å². The summed E-state index contributed by atoms with van der Waals surface area (Å²) < 4.78 is 29.5. The van der Waals surface area contributed by atoms with E-state index in [1.807, 2.05) is 18.2 Å². The summed E-state index contributed by atoms with van der Waals surface area (Å²) in [6.45, 7) is 1.90. The van der Waals surface area contributed by atoms with Crippen molar-refractivity contribution in [2.45, 2.75) is 25.2 Å². The molecule has 0 spiro atoms. The Kier molecular flexibility index (Phi) is 6.42. The van der Waals surface area contributed by atoms with E-state index in [2.05, 4.69) is 4.90 Å². The van der Waals surface area contributed by atoms with Gasteiger partial charge >= 0.3 is 0 Å². The summed E-state index contributed by atoms with van der Waals surface area (Å²) in [6, 6.07) is 9.77. The second kappa shape index (κ2) is 8.78. The molecular formula is C20H23ClFNO4. The van der Waals surface area contributed by atoms with Crippen LogP contribution in [0.4, 0.5) is 4.39 Å². The fourth-order valence-corrected chi connectivity index (χ4v) is 3.51. The summed E-state index contributed by atoms with van der Waals surface area (Å²) in [5.41, 5.74) is 1.05. The van der Waals surface area contributed by atoms with Gasteiger partial charge in [0.2, 0.25) is 0 Å². The van der Waals surface area contributed by atoms with Crippen molar-refractivity contribution in [2.75, 3.05) is 27.3 Å². The summed E-state index contributed by atoms with van der Waals surface area (Å²) in [4.78, 5) is 2.14. The Hall–Kier alpha value is -2.02. The molecule has 2 aromatic carbocycles. The number of hydrogen-bond donors (Lipinski definition) is 1. The van der Waals surface area contributed by atoms with E-state index >= 15 is 0 Å². The molecule has 146 valence electrons. The molecule has 0 aromatic heterocycles. The van der Waals surface area contributed by atoms with Gasteiger partial charge < -0.3 is 19.3 Å². The molecule has 2 atom stereocenters. The molecule has 5 nitrogen and oxygen atoms in total. The van der Waals surface area contributed by atoms with Gasteiger partial charge in [-0.25, -0.2) is 4.39 Å². The third-order valence-corrected chi connectivity index (χ3v) is 4.93. The van der Waals surface area contributed by atoms with E-state index in [1.165, 1.54) is 25.3 Å². The lowest BCUT2D eigenvalue weighted by Crippen LogP contribution is -2.48. The van der Waals surface area contributed by atoms with E-state index in [9.17, 15) is 9.50 Å². The van der Waals surface area contributed by atoms with Crippen LogP contribution in [-0.2, 0) is 6.54 Å². The Bertz CT molecular complexity index is 789. The van der Waals surface area contributed by atoms with E-state index in [-0.39, 0.29) is 6.10 Å². The van der Waals surface area contributed by atoms with E-state index in [1.54, 1.807) is 7.11 Å². The summed E-state index contributed by atoms with van der Waals surface area (Å²) >= 11 is 6.18. The number of halogens is 2. The van der Waals surface area contributed by atoms with Gasteiger partial charge in [0.1, 0.15) is 23.8 Å². The number of nitrogens with zero attached hydrogens (tertiary/aromatic N) is 1. The second-order valence-corrected chi connectivity index (χ2v) is 6.92. The highest BCUT2D eigenvalue weighted by Gasteiger charge is 2.30. The second-order valence-electron chi connectivity index (χ2n) is 6.51. The molecule has 1 aliphatic heterocycles. The molecule has 1 fully saturated rings. The molecule has 1 N–H and O–H groups in total. The zero-order chi connectivity index (χ0) is 19.4. The van der Waals surface area contributed by atoms with Crippen molar-refractivity contribution < 1.29 is 23.7 Å². The zero-order valence-electron chi connectivity index (χ0n) is 15.3. The van der Waals surface area contributed by atoms with Crippen LogP contribution in [0.2, 0.25) is 5.02 Å². The van der Waals surface area contributed by atoms with Gasteiger partial charge in [-0.2, -0.15) is 0 Å². The molecule has 0 amide bonds. The predicted molar refractivity (Wildman–Crippen MR) is 101 cm³/mol. The molecule has 0 radical (unpaired) electrons. The lowest BCUT2D eigenvalue weighted by molar-refractivity contribution is -0.0283. The Morgan fingerprint density at radius 3 is 2.52 bits per heavy atom. The van der Waals surface area contributed by atoms with Crippen LogP contribution in [0.15, 0.2) is 36.4 Å². The highest BCUT2D eigenvalue weighted by atomic mass is 35.5. The molecule has 0 aliphatic carbocycles. The van der Waals surface area contributed by atoms with Gasteiger partial charge in [-0.15, -0.1) is 0 Å². The molecular weight excluding hydrogens is 373 g/mol. The highest BCUT2D eigenvalue weighted by Crippen LogP contribution is 2.31. The lowest BCUT2D eigenvalue weighted by Gasteiger charge is -2.36. The summed E-state index contributed by atoms with van der Waals surface area (Å²) in [5, 5.41) is 11.1. The molecule has 1 saturated heterocycles. The molecule has 3 rings (SSSR count). The van der Waals surface area contributed by atoms with Gasteiger partial charge in [-0.05, 0) is 36.2 Å². The summed E-state index contributed by atoms with van der Waals surface area (Å²) in [7, 11) is 3.04. The first-order valence-electron chi connectivity index (χ1n) is 8.73. The molecule has 2 aromatic rings. The first-order valence-corrected chi connectivity index (χ1v) is 9.11. The normalized spacial score (nSPS) is 20.3. The largest absolute Gasteiger partial charge is 0.495 e. The number of rotatable bonds is 6. The van der Waals surface area contributed by atoms with Crippen LogP contribution >= 0.6 is 11.6 Å². The minimum absolute atomic E-state index is 0.317. The number of piperidine rings is 1. The van der Waals surface area contributed by atoms with Crippen molar-refractivity contribution >= 4 is 11.6 Å². The Morgan fingerprint density at radius 2 is 1.85 bits per heavy atom. The van der Waals surface area contributed by atoms with Crippen molar-refractivity contribution in [2.24, 2.45) is 0 Å². The van der Waals surface area contributed by atoms with Crippen LogP contribution in [0.5, 0.6) is 17.2 Å². The van der Waals surface area contributed by atoms with Gasteiger partial charge in [-0.1, -0.05) is 17.7 Å². The predicted octanol–water partition coefficient (Wildman–Crippen LogP) is 3.51. The number of aliphatic hydroxyl groups excluding tert-OH is 1. The molecule has 0 saturated carbocycles. The van der Waals surface area contributed by atoms with Crippen molar-refractivity contribution in [1.82, 2.24) is 4.90 Å². The highest BCUT2D eigenvalue weighted by molar-refractivity contribution is 6.32.